The monoisotopic (exact) mass is 278 g/mol. The molecule has 0 aliphatic carbocycles. The van der Waals surface area contributed by atoms with Crippen LogP contribution in [-0.2, 0) is 11.3 Å². The van der Waals surface area contributed by atoms with Crippen LogP contribution in [0.3, 0.4) is 0 Å². The van der Waals surface area contributed by atoms with Gasteiger partial charge in [0.05, 0.1) is 0 Å². The third kappa shape index (κ3) is 4.89. The Kier molecular flexibility index (Phi) is 6.52. The fourth-order valence-electron chi connectivity index (χ4n) is 1.68. The Morgan fingerprint density at radius 1 is 1.20 bits per heavy atom. The molecule has 20 heavy (non-hydrogen) atoms. The van der Waals surface area contributed by atoms with Crippen LogP contribution in [0.25, 0.3) is 0 Å². The maximum atomic E-state index is 12.0. The molecule has 0 spiro atoms. The van der Waals surface area contributed by atoms with Crippen LogP contribution in [0.5, 0.6) is 0 Å². The van der Waals surface area contributed by atoms with Crippen LogP contribution in [-0.4, -0.2) is 36.5 Å². The number of nitrogens with one attached hydrogen (secondary N) is 2. The van der Waals surface area contributed by atoms with Crippen molar-refractivity contribution in [2.24, 2.45) is 5.73 Å². The lowest BCUT2D eigenvalue weighted by molar-refractivity contribution is -0.121. The minimum absolute atomic E-state index is 0.0526. The highest BCUT2D eigenvalue weighted by atomic mass is 16.2. The van der Waals surface area contributed by atoms with E-state index in [1.54, 1.807) is 12.1 Å². The van der Waals surface area contributed by atoms with E-state index in [1.165, 1.54) is 4.90 Å². The van der Waals surface area contributed by atoms with Crippen LogP contribution < -0.4 is 16.4 Å². The Balaban J connectivity index is 2.59. The van der Waals surface area contributed by atoms with Crippen molar-refractivity contribution in [1.29, 1.82) is 0 Å². The second-order valence-electron chi connectivity index (χ2n) is 4.30. The molecule has 1 aromatic carbocycles. The standard InChI is InChI=1S/C14H22N4O2/c1-3-16-13(19)10-18(4-2)14(20)17-12-7-5-11(9-15)6-8-12/h5-8H,3-4,9-10,15H2,1-2H3,(H,16,19)(H,17,20). The van der Waals surface area contributed by atoms with Gasteiger partial charge in [-0.3, -0.25) is 4.79 Å². The van der Waals surface area contributed by atoms with Crippen molar-refractivity contribution in [3.8, 4) is 0 Å². The van der Waals surface area contributed by atoms with E-state index in [-0.39, 0.29) is 18.5 Å². The average molecular weight is 278 g/mol. The molecule has 0 fully saturated rings. The zero-order valence-corrected chi connectivity index (χ0v) is 12.0. The Labute approximate surface area is 119 Å². The van der Waals surface area contributed by atoms with Gasteiger partial charge in [-0.15, -0.1) is 0 Å². The largest absolute Gasteiger partial charge is 0.355 e. The average Bonchev–Trinajstić information content (AvgIpc) is 2.45. The summed E-state index contributed by atoms with van der Waals surface area (Å²) in [6, 6.07) is 7.00. The fourth-order valence-corrected chi connectivity index (χ4v) is 1.68. The van der Waals surface area contributed by atoms with Crippen molar-refractivity contribution in [1.82, 2.24) is 10.2 Å². The zero-order valence-electron chi connectivity index (χ0n) is 12.0. The molecule has 4 N–H and O–H groups in total. The summed E-state index contributed by atoms with van der Waals surface area (Å²) in [7, 11) is 0. The molecule has 0 aliphatic heterocycles. The topological polar surface area (TPSA) is 87.5 Å². The van der Waals surface area contributed by atoms with Gasteiger partial charge >= 0.3 is 6.03 Å². The first-order valence-corrected chi connectivity index (χ1v) is 6.72. The second-order valence-corrected chi connectivity index (χ2v) is 4.30. The van der Waals surface area contributed by atoms with E-state index in [1.807, 2.05) is 26.0 Å². The van der Waals surface area contributed by atoms with Gasteiger partial charge in [0.1, 0.15) is 6.54 Å². The van der Waals surface area contributed by atoms with E-state index >= 15 is 0 Å². The molecule has 0 atom stereocenters. The molecular weight excluding hydrogens is 256 g/mol. The highest BCUT2D eigenvalue weighted by molar-refractivity contribution is 5.92. The molecule has 110 valence electrons. The van der Waals surface area contributed by atoms with E-state index in [2.05, 4.69) is 10.6 Å². The van der Waals surface area contributed by atoms with E-state index in [9.17, 15) is 9.59 Å². The van der Waals surface area contributed by atoms with Crippen molar-refractivity contribution in [3.63, 3.8) is 0 Å². The zero-order chi connectivity index (χ0) is 15.0. The number of hydrogen-bond donors (Lipinski definition) is 3. The Bertz CT molecular complexity index is 445. The summed E-state index contributed by atoms with van der Waals surface area (Å²) in [6.45, 7) is 5.20. The molecule has 3 amide bonds. The first-order valence-electron chi connectivity index (χ1n) is 6.72. The Hall–Kier alpha value is -2.08. The summed E-state index contributed by atoms with van der Waals surface area (Å²) < 4.78 is 0. The van der Waals surface area contributed by atoms with Gasteiger partial charge in [0.15, 0.2) is 0 Å². The van der Waals surface area contributed by atoms with Gasteiger partial charge in [-0.25, -0.2) is 4.79 Å². The van der Waals surface area contributed by atoms with Gasteiger partial charge in [-0.1, -0.05) is 12.1 Å². The maximum absolute atomic E-state index is 12.0. The number of carbonyl (C=O) groups is 2. The molecule has 1 aromatic rings. The lowest BCUT2D eigenvalue weighted by Crippen LogP contribution is -2.42. The van der Waals surface area contributed by atoms with Gasteiger partial charge in [-0.2, -0.15) is 0 Å². The predicted molar refractivity (Wildman–Crippen MR) is 79.3 cm³/mol. The molecule has 0 saturated carbocycles. The number of rotatable bonds is 6. The number of benzene rings is 1. The normalized spacial score (nSPS) is 9.95. The summed E-state index contributed by atoms with van der Waals surface area (Å²) in [5.41, 5.74) is 7.19. The van der Waals surface area contributed by atoms with Gasteiger partial charge in [-0.05, 0) is 31.5 Å². The van der Waals surface area contributed by atoms with Crippen molar-refractivity contribution in [2.75, 3.05) is 25.0 Å². The lowest BCUT2D eigenvalue weighted by atomic mass is 10.2. The number of anilines is 1. The van der Waals surface area contributed by atoms with Crippen LogP contribution in [0, 0.1) is 0 Å². The molecule has 6 heteroatoms. The quantitative estimate of drug-likeness (QED) is 0.729. The molecule has 0 unspecified atom stereocenters. The maximum Gasteiger partial charge on any atom is 0.322 e. The van der Waals surface area contributed by atoms with Gasteiger partial charge in [0.2, 0.25) is 5.91 Å². The van der Waals surface area contributed by atoms with E-state index in [0.29, 0.717) is 25.3 Å². The van der Waals surface area contributed by atoms with Gasteiger partial charge in [0.25, 0.3) is 0 Å². The molecular formula is C14H22N4O2. The molecule has 0 heterocycles. The third-order valence-electron chi connectivity index (χ3n) is 2.82. The van der Waals surface area contributed by atoms with Crippen molar-refractivity contribution in [2.45, 2.75) is 20.4 Å². The first kappa shape index (κ1) is 16.0. The lowest BCUT2D eigenvalue weighted by Gasteiger charge is -2.20. The molecule has 0 aromatic heterocycles. The SMILES string of the molecule is CCNC(=O)CN(CC)C(=O)Nc1ccc(CN)cc1. The third-order valence-corrected chi connectivity index (χ3v) is 2.82. The van der Waals surface area contributed by atoms with Crippen LogP contribution in [0.2, 0.25) is 0 Å². The van der Waals surface area contributed by atoms with Crippen LogP contribution in [0.15, 0.2) is 24.3 Å². The number of hydrogen-bond acceptors (Lipinski definition) is 3. The highest BCUT2D eigenvalue weighted by Gasteiger charge is 2.14. The Morgan fingerprint density at radius 2 is 1.85 bits per heavy atom. The molecule has 0 radical (unpaired) electrons. The summed E-state index contributed by atoms with van der Waals surface area (Å²) >= 11 is 0. The number of amides is 3. The summed E-state index contributed by atoms with van der Waals surface area (Å²) in [5, 5.41) is 5.43. The number of carbonyl (C=O) groups excluding carboxylic acids is 2. The molecule has 1 rings (SSSR count). The van der Waals surface area contributed by atoms with E-state index < -0.39 is 0 Å². The Morgan fingerprint density at radius 3 is 2.35 bits per heavy atom. The van der Waals surface area contributed by atoms with Gasteiger partial charge in [0, 0.05) is 25.3 Å². The number of nitrogens with two attached hydrogens (primary N) is 1. The molecule has 6 nitrogen and oxygen atoms in total. The second kappa shape index (κ2) is 8.16. The minimum Gasteiger partial charge on any atom is -0.355 e. The minimum atomic E-state index is -0.292. The van der Waals surface area contributed by atoms with Crippen molar-refractivity contribution < 1.29 is 9.59 Å². The molecule has 0 aliphatic rings. The van der Waals surface area contributed by atoms with Crippen LogP contribution in [0.4, 0.5) is 10.5 Å². The van der Waals surface area contributed by atoms with Crippen LogP contribution in [0.1, 0.15) is 19.4 Å². The van der Waals surface area contributed by atoms with Gasteiger partial charge < -0.3 is 21.3 Å². The number of likely N-dealkylation sites (N-methyl/N-ethyl adjacent to an activating group) is 2. The summed E-state index contributed by atoms with van der Waals surface area (Å²) in [4.78, 5) is 25.0. The summed E-state index contributed by atoms with van der Waals surface area (Å²) in [5.74, 6) is -0.164. The van der Waals surface area contributed by atoms with E-state index in [4.69, 9.17) is 5.73 Å². The number of nitrogens with zero attached hydrogens (tertiary/aromatic N) is 1. The van der Waals surface area contributed by atoms with Crippen LogP contribution >= 0.6 is 0 Å². The smallest absolute Gasteiger partial charge is 0.322 e. The van der Waals surface area contributed by atoms with E-state index in [0.717, 1.165) is 5.56 Å². The predicted octanol–water partition coefficient (Wildman–Crippen LogP) is 1.14. The molecule has 0 saturated heterocycles. The highest BCUT2D eigenvalue weighted by Crippen LogP contribution is 2.10. The first-order chi connectivity index (χ1) is 9.60. The van der Waals surface area contributed by atoms with Crippen molar-refractivity contribution in [3.05, 3.63) is 29.8 Å². The summed E-state index contributed by atoms with van der Waals surface area (Å²) in [6.07, 6.45) is 0. The van der Waals surface area contributed by atoms with Crippen molar-refractivity contribution >= 4 is 17.6 Å². The fraction of sp³-hybridized carbons (Fsp3) is 0.429. The number of urea groups is 1. The molecule has 0 bridgehead atoms.